The Bertz CT molecular complexity index is 1120. The summed E-state index contributed by atoms with van der Waals surface area (Å²) in [5.74, 6) is 0.585. The van der Waals surface area contributed by atoms with Gasteiger partial charge < -0.3 is 9.32 Å². The number of carbonyl (C=O) groups is 1. The van der Waals surface area contributed by atoms with Crippen LogP contribution in [0.25, 0.3) is 0 Å². The van der Waals surface area contributed by atoms with Crippen LogP contribution in [0.3, 0.4) is 0 Å². The van der Waals surface area contributed by atoms with Crippen LogP contribution in [0.4, 0.5) is 13.2 Å². The molecule has 0 N–H and O–H groups in total. The van der Waals surface area contributed by atoms with Gasteiger partial charge in [-0.25, -0.2) is 0 Å². The van der Waals surface area contributed by atoms with Crippen LogP contribution in [0.2, 0.25) is 0 Å². The molecule has 1 aliphatic rings. The Hall–Kier alpha value is -3.06. The largest absolute Gasteiger partial charge is 0.468 e. The summed E-state index contributed by atoms with van der Waals surface area (Å²) in [5.41, 5.74) is 1.70. The van der Waals surface area contributed by atoms with E-state index < -0.39 is 11.7 Å². The molecule has 2 unspecified atom stereocenters. The van der Waals surface area contributed by atoms with Crippen LogP contribution in [0.5, 0.6) is 0 Å². The number of hydrogen-bond acceptors (Lipinski definition) is 3. The first-order valence-corrected chi connectivity index (χ1v) is 11.9. The van der Waals surface area contributed by atoms with Gasteiger partial charge in [0.2, 0.25) is 0 Å². The summed E-state index contributed by atoms with van der Waals surface area (Å²) in [6, 6.07) is 16.8. The van der Waals surface area contributed by atoms with Crippen molar-refractivity contribution < 1.29 is 22.4 Å². The molecule has 3 aromatic rings. The molecule has 2 aromatic carbocycles. The maximum atomic E-state index is 13.4. The van der Waals surface area contributed by atoms with E-state index >= 15 is 0 Å². The Morgan fingerprint density at radius 3 is 2.46 bits per heavy atom. The van der Waals surface area contributed by atoms with Crippen molar-refractivity contribution >= 4 is 5.91 Å². The molecule has 4 nitrogen and oxygen atoms in total. The minimum Gasteiger partial charge on any atom is -0.468 e. The number of furan rings is 1. The molecule has 1 fully saturated rings. The highest BCUT2D eigenvalue weighted by Crippen LogP contribution is 2.37. The van der Waals surface area contributed by atoms with Gasteiger partial charge in [-0.05, 0) is 62.6 Å². The van der Waals surface area contributed by atoms with Crippen molar-refractivity contribution in [3.8, 4) is 0 Å². The summed E-state index contributed by atoms with van der Waals surface area (Å²) >= 11 is 0. The number of hydrogen-bond donors (Lipinski definition) is 0. The van der Waals surface area contributed by atoms with Crippen molar-refractivity contribution in [1.82, 2.24) is 9.80 Å². The minimum atomic E-state index is -4.40. The van der Waals surface area contributed by atoms with E-state index in [0.717, 1.165) is 17.4 Å². The van der Waals surface area contributed by atoms with Crippen molar-refractivity contribution in [2.75, 3.05) is 19.6 Å². The van der Waals surface area contributed by atoms with Crippen molar-refractivity contribution in [3.63, 3.8) is 0 Å². The zero-order valence-electron chi connectivity index (χ0n) is 20.3. The van der Waals surface area contributed by atoms with Crippen LogP contribution in [-0.2, 0) is 12.7 Å². The van der Waals surface area contributed by atoms with E-state index in [2.05, 4.69) is 4.90 Å². The fraction of sp³-hybridized carbons (Fsp3) is 0.393. The predicted molar refractivity (Wildman–Crippen MR) is 129 cm³/mol. The molecule has 0 bridgehead atoms. The van der Waals surface area contributed by atoms with Crippen LogP contribution in [-0.4, -0.2) is 41.4 Å². The summed E-state index contributed by atoms with van der Waals surface area (Å²) in [6.07, 6.45) is -2.78. The molecule has 186 valence electrons. The zero-order valence-corrected chi connectivity index (χ0v) is 20.3. The van der Waals surface area contributed by atoms with Crippen LogP contribution in [0.15, 0.2) is 71.3 Å². The molecule has 1 saturated heterocycles. The number of likely N-dealkylation sites (tertiary alicyclic amines) is 1. The smallest absolute Gasteiger partial charge is 0.416 e. The van der Waals surface area contributed by atoms with Crippen molar-refractivity contribution in [2.24, 2.45) is 5.92 Å². The number of carbonyl (C=O) groups excluding carboxylic acids is 1. The van der Waals surface area contributed by atoms with E-state index in [9.17, 15) is 18.0 Å². The van der Waals surface area contributed by atoms with E-state index in [4.69, 9.17) is 4.42 Å². The van der Waals surface area contributed by atoms with Crippen LogP contribution in [0, 0.1) is 12.8 Å². The van der Waals surface area contributed by atoms with Crippen molar-refractivity contribution in [3.05, 3.63) is 94.9 Å². The van der Waals surface area contributed by atoms with E-state index in [-0.39, 0.29) is 23.8 Å². The summed E-state index contributed by atoms with van der Waals surface area (Å²) < 4.78 is 45.8. The SMILES string of the molecule is Cc1ccc(C(=O)N(CC2CN(Cc3ccco3)CC2c2cccc(C(F)(F)F)c2)C(C)C)cc1. The first-order valence-electron chi connectivity index (χ1n) is 11.9. The molecule has 4 rings (SSSR count). The summed E-state index contributed by atoms with van der Waals surface area (Å²) in [7, 11) is 0. The lowest BCUT2D eigenvalue weighted by atomic mass is 9.87. The van der Waals surface area contributed by atoms with Gasteiger partial charge in [0, 0.05) is 37.2 Å². The lowest BCUT2D eigenvalue weighted by Gasteiger charge is -2.32. The van der Waals surface area contributed by atoms with Gasteiger partial charge in [-0.1, -0.05) is 35.9 Å². The molecule has 7 heteroatoms. The van der Waals surface area contributed by atoms with E-state index in [1.165, 1.54) is 12.1 Å². The van der Waals surface area contributed by atoms with E-state index in [1.54, 1.807) is 12.3 Å². The van der Waals surface area contributed by atoms with Gasteiger partial charge in [0.1, 0.15) is 5.76 Å². The third kappa shape index (κ3) is 5.96. The number of aryl methyl sites for hydroxylation is 1. The standard InChI is InChI=1S/C28H31F3N2O2/c1-19(2)33(27(34)21-11-9-20(3)10-12-21)16-23-15-32(17-25-8-5-13-35-25)18-26(23)22-6-4-7-24(14-22)28(29,30)31/h4-14,19,23,26H,15-18H2,1-3H3. The Morgan fingerprint density at radius 2 is 1.83 bits per heavy atom. The van der Waals surface area contributed by atoms with Crippen molar-refractivity contribution in [1.29, 1.82) is 0 Å². The molecular formula is C28H31F3N2O2. The lowest BCUT2D eigenvalue weighted by molar-refractivity contribution is -0.137. The topological polar surface area (TPSA) is 36.7 Å². The number of halogens is 3. The van der Waals surface area contributed by atoms with Gasteiger partial charge in [0.25, 0.3) is 5.91 Å². The molecule has 1 amide bonds. The molecule has 0 aliphatic carbocycles. The van der Waals surface area contributed by atoms with Gasteiger partial charge in [-0.3, -0.25) is 9.69 Å². The average molecular weight is 485 g/mol. The molecule has 2 heterocycles. The van der Waals surface area contributed by atoms with Gasteiger partial charge >= 0.3 is 6.18 Å². The average Bonchev–Trinajstić information content (AvgIpc) is 3.47. The summed E-state index contributed by atoms with van der Waals surface area (Å²) in [6.45, 7) is 8.21. The molecule has 2 atom stereocenters. The number of amides is 1. The van der Waals surface area contributed by atoms with Crippen molar-refractivity contribution in [2.45, 2.75) is 45.5 Å². The van der Waals surface area contributed by atoms with Gasteiger partial charge in [0.15, 0.2) is 0 Å². The Balaban J connectivity index is 1.61. The maximum Gasteiger partial charge on any atom is 0.416 e. The molecule has 0 spiro atoms. The van der Waals surface area contributed by atoms with E-state index in [0.29, 0.717) is 37.3 Å². The third-order valence-electron chi connectivity index (χ3n) is 6.73. The first kappa shape index (κ1) is 25.0. The van der Waals surface area contributed by atoms with Crippen LogP contribution < -0.4 is 0 Å². The maximum absolute atomic E-state index is 13.4. The second-order valence-corrected chi connectivity index (χ2v) is 9.68. The van der Waals surface area contributed by atoms with Gasteiger partial charge in [0.05, 0.1) is 18.4 Å². The second kappa shape index (κ2) is 10.3. The van der Waals surface area contributed by atoms with Crippen LogP contribution in [0.1, 0.15) is 52.6 Å². The Morgan fingerprint density at radius 1 is 1.09 bits per heavy atom. The molecule has 0 saturated carbocycles. The molecule has 1 aliphatic heterocycles. The lowest BCUT2D eigenvalue weighted by Crippen LogP contribution is -2.42. The fourth-order valence-electron chi connectivity index (χ4n) is 4.86. The quantitative estimate of drug-likeness (QED) is 0.391. The first-order chi connectivity index (χ1) is 16.6. The normalized spacial score (nSPS) is 18.8. The number of nitrogens with zero attached hydrogens (tertiary/aromatic N) is 2. The Labute approximate surface area is 204 Å². The third-order valence-corrected chi connectivity index (χ3v) is 6.73. The number of benzene rings is 2. The van der Waals surface area contributed by atoms with Gasteiger partial charge in [-0.15, -0.1) is 0 Å². The summed E-state index contributed by atoms with van der Waals surface area (Å²) in [4.78, 5) is 17.4. The molecule has 0 radical (unpaired) electrons. The van der Waals surface area contributed by atoms with E-state index in [1.807, 2.05) is 62.1 Å². The highest BCUT2D eigenvalue weighted by molar-refractivity contribution is 5.94. The van der Waals surface area contributed by atoms with Gasteiger partial charge in [-0.2, -0.15) is 13.2 Å². The predicted octanol–water partition coefficient (Wildman–Crippen LogP) is 6.37. The monoisotopic (exact) mass is 484 g/mol. The summed E-state index contributed by atoms with van der Waals surface area (Å²) in [5, 5.41) is 0. The molecular weight excluding hydrogens is 453 g/mol. The molecule has 35 heavy (non-hydrogen) atoms. The van der Waals surface area contributed by atoms with Crippen LogP contribution >= 0.6 is 0 Å². The molecule has 1 aromatic heterocycles. The highest BCUT2D eigenvalue weighted by Gasteiger charge is 2.38. The number of rotatable bonds is 7. The second-order valence-electron chi connectivity index (χ2n) is 9.68. The number of alkyl halides is 3. The highest BCUT2D eigenvalue weighted by atomic mass is 19.4. The minimum absolute atomic E-state index is 0.0229. The zero-order chi connectivity index (χ0) is 25.2. The Kier molecular flexibility index (Phi) is 7.36. The fourth-order valence-corrected chi connectivity index (χ4v) is 4.86.